The van der Waals surface area contributed by atoms with Crippen LogP contribution in [0, 0.1) is 11.6 Å². The molecule has 2 aromatic carbocycles. The van der Waals surface area contributed by atoms with Crippen molar-refractivity contribution in [3.63, 3.8) is 0 Å². The van der Waals surface area contributed by atoms with E-state index in [1.54, 1.807) is 14.0 Å². The fraction of sp³-hybridized carbons (Fsp3) is 0.294. The number of hydrogen-bond acceptors (Lipinski definition) is 2. The highest BCUT2D eigenvalue weighted by Crippen LogP contribution is 2.25. The van der Waals surface area contributed by atoms with Crippen molar-refractivity contribution in [1.82, 2.24) is 5.32 Å². The summed E-state index contributed by atoms with van der Waals surface area (Å²) in [5.74, 6) is -0.313. The molecule has 2 rings (SSSR count). The number of benzene rings is 2. The molecule has 21 heavy (non-hydrogen) atoms. The van der Waals surface area contributed by atoms with E-state index in [1.165, 1.54) is 18.2 Å². The highest BCUT2D eigenvalue weighted by atomic mass is 19.1. The van der Waals surface area contributed by atoms with Crippen LogP contribution in [0.5, 0.6) is 5.75 Å². The molecule has 0 aromatic heterocycles. The van der Waals surface area contributed by atoms with Crippen LogP contribution in [0.2, 0.25) is 0 Å². The number of methoxy groups -OCH3 is 1. The third kappa shape index (κ3) is 3.58. The maximum absolute atomic E-state index is 13.8. The van der Waals surface area contributed by atoms with Crippen LogP contribution in [0.25, 0.3) is 0 Å². The van der Waals surface area contributed by atoms with Gasteiger partial charge in [-0.2, -0.15) is 0 Å². The summed E-state index contributed by atoms with van der Waals surface area (Å²) in [5.41, 5.74) is 1.06. The molecule has 0 radical (unpaired) electrons. The van der Waals surface area contributed by atoms with Crippen molar-refractivity contribution in [1.29, 1.82) is 0 Å². The van der Waals surface area contributed by atoms with Gasteiger partial charge in [0.1, 0.15) is 17.4 Å². The van der Waals surface area contributed by atoms with Crippen molar-refractivity contribution >= 4 is 0 Å². The van der Waals surface area contributed by atoms with Crippen LogP contribution in [-0.2, 0) is 0 Å². The molecule has 0 aliphatic heterocycles. The molecular weight excluding hydrogens is 272 g/mol. The first-order valence-electron chi connectivity index (χ1n) is 6.87. The van der Waals surface area contributed by atoms with Crippen LogP contribution in [0.1, 0.15) is 37.1 Å². The Balaban J connectivity index is 2.16. The minimum absolute atomic E-state index is 0.0610. The SMILES string of the molecule is COc1cccc([C@@H](C)NC(C)c2c(F)cccc2F)c1. The summed E-state index contributed by atoms with van der Waals surface area (Å²) in [7, 11) is 1.61. The minimum atomic E-state index is -0.534. The Hall–Kier alpha value is -1.94. The molecule has 1 unspecified atom stereocenters. The van der Waals surface area contributed by atoms with E-state index in [0.717, 1.165) is 11.3 Å². The van der Waals surface area contributed by atoms with Crippen molar-refractivity contribution < 1.29 is 13.5 Å². The minimum Gasteiger partial charge on any atom is -0.497 e. The third-order valence-electron chi connectivity index (χ3n) is 3.53. The molecule has 2 aromatic rings. The first kappa shape index (κ1) is 15.4. The Morgan fingerprint density at radius 3 is 2.19 bits per heavy atom. The van der Waals surface area contributed by atoms with Crippen molar-refractivity contribution in [2.75, 3.05) is 7.11 Å². The zero-order valence-corrected chi connectivity index (χ0v) is 12.4. The Morgan fingerprint density at radius 1 is 0.952 bits per heavy atom. The first-order valence-corrected chi connectivity index (χ1v) is 6.87. The molecule has 0 saturated heterocycles. The lowest BCUT2D eigenvalue weighted by Gasteiger charge is -2.22. The van der Waals surface area contributed by atoms with Gasteiger partial charge in [-0.25, -0.2) is 8.78 Å². The van der Waals surface area contributed by atoms with Gasteiger partial charge in [-0.1, -0.05) is 18.2 Å². The Kier molecular flexibility index (Phi) is 4.91. The van der Waals surface area contributed by atoms with Gasteiger partial charge in [0.15, 0.2) is 0 Å². The molecule has 0 heterocycles. The lowest BCUT2D eigenvalue weighted by atomic mass is 10.0. The largest absolute Gasteiger partial charge is 0.497 e. The van der Waals surface area contributed by atoms with Gasteiger partial charge in [-0.05, 0) is 43.7 Å². The topological polar surface area (TPSA) is 21.3 Å². The van der Waals surface area contributed by atoms with Crippen LogP contribution in [0.15, 0.2) is 42.5 Å². The second-order valence-corrected chi connectivity index (χ2v) is 5.02. The van der Waals surface area contributed by atoms with Gasteiger partial charge >= 0.3 is 0 Å². The van der Waals surface area contributed by atoms with Crippen LogP contribution >= 0.6 is 0 Å². The molecule has 1 N–H and O–H groups in total. The molecule has 0 spiro atoms. The average Bonchev–Trinajstić information content (AvgIpc) is 2.47. The summed E-state index contributed by atoms with van der Waals surface area (Å²) in [5, 5.41) is 3.21. The lowest BCUT2D eigenvalue weighted by molar-refractivity contribution is 0.411. The first-order chi connectivity index (χ1) is 10.0. The predicted molar refractivity (Wildman–Crippen MR) is 79.3 cm³/mol. The van der Waals surface area contributed by atoms with E-state index in [2.05, 4.69) is 5.32 Å². The summed E-state index contributed by atoms with van der Waals surface area (Å²) >= 11 is 0. The fourth-order valence-electron chi connectivity index (χ4n) is 2.39. The molecule has 0 aliphatic rings. The number of hydrogen-bond donors (Lipinski definition) is 1. The van der Waals surface area contributed by atoms with E-state index in [-0.39, 0.29) is 11.6 Å². The molecule has 0 fully saturated rings. The number of rotatable bonds is 5. The summed E-state index contributed by atoms with van der Waals surface area (Å²) in [6.07, 6.45) is 0. The van der Waals surface area contributed by atoms with Crippen LogP contribution in [0.4, 0.5) is 8.78 Å². The smallest absolute Gasteiger partial charge is 0.130 e. The normalized spacial score (nSPS) is 13.8. The van der Waals surface area contributed by atoms with Crippen LogP contribution in [-0.4, -0.2) is 7.11 Å². The maximum Gasteiger partial charge on any atom is 0.130 e. The fourth-order valence-corrected chi connectivity index (χ4v) is 2.39. The van der Waals surface area contributed by atoms with Crippen LogP contribution < -0.4 is 10.1 Å². The average molecular weight is 291 g/mol. The number of ether oxygens (including phenoxy) is 1. The van der Waals surface area contributed by atoms with Crippen molar-refractivity contribution in [3.05, 3.63) is 65.2 Å². The van der Waals surface area contributed by atoms with Crippen LogP contribution in [0.3, 0.4) is 0 Å². The van der Waals surface area contributed by atoms with Crippen molar-refractivity contribution in [2.24, 2.45) is 0 Å². The van der Waals surface area contributed by atoms with Gasteiger partial charge in [-0.3, -0.25) is 0 Å². The molecular formula is C17H19F2NO. The Labute approximate surface area is 123 Å². The molecule has 112 valence electrons. The summed E-state index contributed by atoms with van der Waals surface area (Å²) < 4.78 is 32.7. The van der Waals surface area contributed by atoms with Gasteiger partial charge in [0, 0.05) is 17.6 Å². The van der Waals surface area contributed by atoms with Gasteiger partial charge in [0.25, 0.3) is 0 Å². The Morgan fingerprint density at radius 2 is 1.57 bits per heavy atom. The zero-order valence-electron chi connectivity index (χ0n) is 12.4. The predicted octanol–water partition coefficient (Wildman–Crippen LogP) is 4.39. The van der Waals surface area contributed by atoms with E-state index >= 15 is 0 Å². The molecule has 0 amide bonds. The molecule has 0 saturated carbocycles. The van der Waals surface area contributed by atoms with Gasteiger partial charge in [0.05, 0.1) is 7.11 Å². The van der Waals surface area contributed by atoms with E-state index in [0.29, 0.717) is 0 Å². The molecule has 4 heteroatoms. The lowest BCUT2D eigenvalue weighted by Crippen LogP contribution is -2.24. The van der Waals surface area contributed by atoms with E-state index in [1.807, 2.05) is 31.2 Å². The molecule has 2 nitrogen and oxygen atoms in total. The highest BCUT2D eigenvalue weighted by Gasteiger charge is 2.18. The highest BCUT2D eigenvalue weighted by molar-refractivity contribution is 5.31. The third-order valence-corrected chi connectivity index (χ3v) is 3.53. The van der Waals surface area contributed by atoms with Gasteiger partial charge in [-0.15, -0.1) is 0 Å². The monoisotopic (exact) mass is 291 g/mol. The zero-order chi connectivity index (χ0) is 15.4. The van der Waals surface area contributed by atoms with Crippen molar-refractivity contribution in [3.8, 4) is 5.75 Å². The second kappa shape index (κ2) is 6.68. The Bertz CT molecular complexity index is 595. The molecule has 0 bridgehead atoms. The number of nitrogens with one attached hydrogen (secondary N) is 1. The van der Waals surface area contributed by atoms with E-state index in [4.69, 9.17) is 4.74 Å². The van der Waals surface area contributed by atoms with E-state index in [9.17, 15) is 8.78 Å². The standard InChI is InChI=1S/C17H19F2NO/c1-11(13-6-4-7-14(10-13)21-3)20-12(2)17-15(18)8-5-9-16(17)19/h4-12,20H,1-3H3/t11-,12?/m1/s1. The number of halogens is 2. The van der Waals surface area contributed by atoms with Crippen molar-refractivity contribution in [2.45, 2.75) is 25.9 Å². The van der Waals surface area contributed by atoms with Gasteiger partial charge in [0.2, 0.25) is 0 Å². The van der Waals surface area contributed by atoms with Gasteiger partial charge < -0.3 is 10.1 Å². The quantitative estimate of drug-likeness (QED) is 0.882. The van der Waals surface area contributed by atoms with E-state index < -0.39 is 17.7 Å². The maximum atomic E-state index is 13.8. The summed E-state index contributed by atoms with van der Waals surface area (Å²) in [4.78, 5) is 0. The molecule has 2 atom stereocenters. The molecule has 0 aliphatic carbocycles. The summed E-state index contributed by atoms with van der Waals surface area (Å²) in [6.45, 7) is 3.70. The second-order valence-electron chi connectivity index (χ2n) is 5.02. The summed E-state index contributed by atoms with van der Waals surface area (Å²) in [6, 6.07) is 11.0.